The largest absolute Gasteiger partial charge is 0.439 e. The first-order valence-corrected chi connectivity index (χ1v) is 12.7. The zero-order valence-corrected chi connectivity index (χ0v) is 20.8. The Labute approximate surface area is 216 Å². The smallest absolute Gasteiger partial charge is 0.254 e. The molecule has 37 heavy (non-hydrogen) atoms. The summed E-state index contributed by atoms with van der Waals surface area (Å²) in [6.45, 7) is 3.38. The molecule has 0 radical (unpaired) electrons. The number of aromatic nitrogens is 2. The highest BCUT2D eigenvalue weighted by Gasteiger charge is 2.28. The highest BCUT2D eigenvalue weighted by molar-refractivity contribution is 5.94. The Morgan fingerprint density at radius 2 is 1.84 bits per heavy atom. The first kappa shape index (κ1) is 24.7. The molecule has 0 bridgehead atoms. The van der Waals surface area contributed by atoms with Crippen LogP contribution in [0.1, 0.15) is 41.4 Å². The number of ether oxygens (including phenoxy) is 2. The van der Waals surface area contributed by atoms with Gasteiger partial charge in [0.1, 0.15) is 11.6 Å². The standard InChI is InChI=1S/C30H30FN3O3/c1-2-28-27(21-33(20-26-17-10-18-36-26)29(35)22-11-9-12-23(31)19-22)30(37-25-15-7-4-8-16-25)34(32-28)24-13-5-3-6-14-24/h3-9,11-16,19,26H,2,10,17-18,20-21H2,1H3/t26-/m0/s1. The Kier molecular flexibility index (Phi) is 7.61. The maximum Gasteiger partial charge on any atom is 0.254 e. The van der Waals surface area contributed by atoms with Crippen molar-refractivity contribution in [2.75, 3.05) is 13.2 Å². The van der Waals surface area contributed by atoms with Gasteiger partial charge in [-0.2, -0.15) is 5.10 Å². The topological polar surface area (TPSA) is 56.6 Å². The van der Waals surface area contributed by atoms with Crippen molar-refractivity contribution >= 4 is 5.91 Å². The number of rotatable bonds is 9. The fraction of sp³-hybridized carbons (Fsp3) is 0.267. The number of hydrogen-bond donors (Lipinski definition) is 0. The fourth-order valence-corrected chi connectivity index (χ4v) is 4.62. The van der Waals surface area contributed by atoms with Gasteiger partial charge in [0.05, 0.1) is 29.6 Å². The third-order valence-electron chi connectivity index (χ3n) is 6.47. The van der Waals surface area contributed by atoms with Crippen molar-refractivity contribution in [3.05, 3.63) is 108 Å². The molecule has 1 atom stereocenters. The molecule has 2 heterocycles. The lowest BCUT2D eigenvalue weighted by molar-refractivity contribution is 0.0505. The van der Waals surface area contributed by atoms with Crippen LogP contribution in [-0.4, -0.2) is 39.8 Å². The van der Waals surface area contributed by atoms with Crippen LogP contribution in [0.25, 0.3) is 5.69 Å². The predicted molar refractivity (Wildman–Crippen MR) is 140 cm³/mol. The van der Waals surface area contributed by atoms with Crippen molar-refractivity contribution in [2.24, 2.45) is 0 Å². The lowest BCUT2D eigenvalue weighted by Gasteiger charge is -2.26. The number of amides is 1. The molecule has 1 aliphatic heterocycles. The number of para-hydroxylation sites is 2. The minimum Gasteiger partial charge on any atom is -0.439 e. The summed E-state index contributed by atoms with van der Waals surface area (Å²) in [7, 11) is 0. The van der Waals surface area contributed by atoms with E-state index in [1.165, 1.54) is 12.1 Å². The molecule has 0 spiro atoms. The van der Waals surface area contributed by atoms with Crippen molar-refractivity contribution in [1.29, 1.82) is 0 Å². The van der Waals surface area contributed by atoms with E-state index in [1.54, 1.807) is 21.7 Å². The van der Waals surface area contributed by atoms with Crippen molar-refractivity contribution in [2.45, 2.75) is 38.8 Å². The second-order valence-corrected chi connectivity index (χ2v) is 9.08. The van der Waals surface area contributed by atoms with Gasteiger partial charge in [0.25, 0.3) is 5.91 Å². The van der Waals surface area contributed by atoms with Crippen LogP contribution >= 0.6 is 0 Å². The van der Waals surface area contributed by atoms with Crippen LogP contribution < -0.4 is 4.74 Å². The van der Waals surface area contributed by atoms with Crippen LogP contribution in [0.4, 0.5) is 4.39 Å². The average molecular weight is 500 g/mol. The van der Waals surface area contributed by atoms with E-state index in [4.69, 9.17) is 14.6 Å². The molecule has 0 unspecified atom stereocenters. The first-order valence-electron chi connectivity index (χ1n) is 12.7. The second-order valence-electron chi connectivity index (χ2n) is 9.08. The molecule has 1 saturated heterocycles. The van der Waals surface area contributed by atoms with Crippen molar-refractivity contribution in [3.63, 3.8) is 0 Å². The first-order chi connectivity index (χ1) is 18.1. The Morgan fingerprint density at radius 1 is 1.08 bits per heavy atom. The van der Waals surface area contributed by atoms with E-state index in [-0.39, 0.29) is 18.6 Å². The maximum atomic E-state index is 14.0. The normalized spacial score (nSPS) is 15.0. The summed E-state index contributed by atoms with van der Waals surface area (Å²) in [6.07, 6.45) is 2.43. The van der Waals surface area contributed by atoms with Gasteiger partial charge in [-0.05, 0) is 61.7 Å². The quantitative estimate of drug-likeness (QED) is 0.276. The molecule has 1 fully saturated rings. The van der Waals surface area contributed by atoms with E-state index in [2.05, 4.69) is 0 Å². The number of carbonyl (C=O) groups excluding carboxylic acids is 1. The van der Waals surface area contributed by atoms with Gasteiger partial charge in [0, 0.05) is 18.7 Å². The molecule has 3 aromatic carbocycles. The highest BCUT2D eigenvalue weighted by atomic mass is 19.1. The highest BCUT2D eigenvalue weighted by Crippen LogP contribution is 2.33. The number of hydrogen-bond acceptors (Lipinski definition) is 4. The number of benzene rings is 3. The number of carbonyl (C=O) groups is 1. The van der Waals surface area contributed by atoms with Crippen LogP contribution in [0, 0.1) is 5.82 Å². The summed E-state index contributed by atoms with van der Waals surface area (Å²) in [4.78, 5) is 15.4. The Morgan fingerprint density at radius 3 is 2.51 bits per heavy atom. The van der Waals surface area contributed by atoms with Crippen LogP contribution in [0.15, 0.2) is 84.9 Å². The number of halogens is 1. The molecule has 1 aliphatic rings. The SMILES string of the molecule is CCc1nn(-c2ccccc2)c(Oc2ccccc2)c1CN(C[C@@H]1CCCO1)C(=O)c1cccc(F)c1. The zero-order chi connectivity index (χ0) is 25.6. The van der Waals surface area contributed by atoms with Crippen molar-refractivity contribution in [1.82, 2.24) is 14.7 Å². The lowest BCUT2D eigenvalue weighted by atomic mass is 10.1. The summed E-state index contributed by atoms with van der Waals surface area (Å²) >= 11 is 0. The van der Waals surface area contributed by atoms with E-state index in [1.807, 2.05) is 67.6 Å². The average Bonchev–Trinajstić information content (AvgIpc) is 3.57. The van der Waals surface area contributed by atoms with E-state index in [9.17, 15) is 9.18 Å². The zero-order valence-electron chi connectivity index (χ0n) is 20.8. The Hall–Kier alpha value is -3.97. The molecule has 0 aliphatic carbocycles. The lowest BCUT2D eigenvalue weighted by Crippen LogP contribution is -2.37. The summed E-state index contributed by atoms with van der Waals surface area (Å²) in [5.74, 6) is 0.529. The number of nitrogens with zero attached hydrogens (tertiary/aromatic N) is 3. The fourth-order valence-electron chi connectivity index (χ4n) is 4.62. The van der Waals surface area contributed by atoms with Crippen LogP contribution in [-0.2, 0) is 17.7 Å². The van der Waals surface area contributed by atoms with Gasteiger partial charge in [-0.3, -0.25) is 4.79 Å². The second kappa shape index (κ2) is 11.4. The predicted octanol–water partition coefficient (Wildman–Crippen LogP) is 6.19. The molecule has 0 N–H and O–H groups in total. The van der Waals surface area contributed by atoms with Gasteiger partial charge < -0.3 is 14.4 Å². The van der Waals surface area contributed by atoms with E-state index < -0.39 is 5.82 Å². The minimum absolute atomic E-state index is 0.0646. The van der Waals surface area contributed by atoms with E-state index in [0.717, 1.165) is 29.8 Å². The van der Waals surface area contributed by atoms with Crippen LogP contribution in [0.3, 0.4) is 0 Å². The summed E-state index contributed by atoms with van der Waals surface area (Å²) < 4.78 is 28.1. The number of aryl methyl sites for hydroxylation is 1. The van der Waals surface area contributed by atoms with Gasteiger partial charge in [-0.1, -0.05) is 49.4 Å². The third kappa shape index (κ3) is 5.73. The summed E-state index contributed by atoms with van der Waals surface area (Å²) in [5, 5.41) is 4.89. The molecule has 190 valence electrons. The van der Waals surface area contributed by atoms with Crippen LogP contribution in [0.2, 0.25) is 0 Å². The maximum absolute atomic E-state index is 14.0. The molecule has 0 saturated carbocycles. The van der Waals surface area contributed by atoms with Gasteiger partial charge >= 0.3 is 0 Å². The van der Waals surface area contributed by atoms with Gasteiger partial charge in [0.2, 0.25) is 5.88 Å². The molecular formula is C30H30FN3O3. The van der Waals surface area contributed by atoms with Crippen molar-refractivity contribution in [3.8, 4) is 17.3 Å². The molecule has 1 amide bonds. The van der Waals surface area contributed by atoms with Gasteiger partial charge in [-0.15, -0.1) is 0 Å². The Balaban J connectivity index is 1.57. The van der Waals surface area contributed by atoms with Crippen molar-refractivity contribution < 1.29 is 18.7 Å². The molecule has 4 aromatic rings. The van der Waals surface area contributed by atoms with E-state index in [0.29, 0.717) is 36.8 Å². The minimum atomic E-state index is -0.442. The third-order valence-corrected chi connectivity index (χ3v) is 6.47. The van der Waals surface area contributed by atoms with E-state index >= 15 is 0 Å². The molecule has 5 rings (SSSR count). The van der Waals surface area contributed by atoms with Gasteiger partial charge in [-0.25, -0.2) is 9.07 Å². The summed E-state index contributed by atoms with van der Waals surface area (Å²) in [5.41, 5.74) is 2.81. The Bertz CT molecular complexity index is 1330. The molecule has 1 aromatic heterocycles. The summed E-state index contributed by atoms with van der Waals surface area (Å²) in [6, 6.07) is 25.1. The monoisotopic (exact) mass is 499 g/mol. The van der Waals surface area contributed by atoms with Crippen LogP contribution in [0.5, 0.6) is 11.6 Å². The molecular weight excluding hydrogens is 469 g/mol. The molecule has 6 nitrogen and oxygen atoms in total. The molecule has 7 heteroatoms. The van der Waals surface area contributed by atoms with Gasteiger partial charge in [0.15, 0.2) is 0 Å².